The first-order valence-electron chi connectivity index (χ1n) is 19.3. The second kappa shape index (κ2) is 22.1. The number of aliphatic hydroxyl groups is 2. The largest absolute Gasteiger partial charge is 0.550 e. The fourth-order valence-corrected chi connectivity index (χ4v) is 9.74. The zero-order valence-electron chi connectivity index (χ0n) is 34.7. The maximum atomic E-state index is 12.8. The smallest absolute Gasteiger partial charge is 0.481 e. The van der Waals surface area contributed by atoms with Crippen LogP contribution in [0.4, 0.5) is 5.82 Å². The number of carbonyl (C=O) groups is 4. The third kappa shape index (κ3) is 14.7. The number of carbonyl (C=O) groups excluding carboxylic acids is 4. The predicted molar refractivity (Wildman–Crippen MR) is 229 cm³/mol. The number of hydrogen-bond acceptors (Lipinski definition) is 20. The van der Waals surface area contributed by atoms with Gasteiger partial charge in [-0.2, -0.15) is 4.31 Å². The monoisotopic (exact) mass is 1000 g/mol. The summed E-state index contributed by atoms with van der Waals surface area (Å²) in [5, 5.41) is 39.1. The van der Waals surface area contributed by atoms with Crippen LogP contribution in [0.3, 0.4) is 0 Å². The topological polar surface area (TPSA) is 404 Å². The number of nitrogens with two attached hydrogens (primary N) is 1. The van der Waals surface area contributed by atoms with Gasteiger partial charge in [-0.15, -0.1) is 0 Å². The minimum Gasteiger partial charge on any atom is -0.550 e. The molecule has 3 heterocycles. The van der Waals surface area contributed by atoms with E-state index in [0.717, 1.165) is 39.8 Å². The highest BCUT2D eigenvalue weighted by atomic mass is 32.2. The lowest BCUT2D eigenvalue weighted by molar-refractivity contribution is -0.304. The lowest BCUT2D eigenvalue weighted by Gasteiger charge is -2.30. The van der Waals surface area contributed by atoms with Crippen molar-refractivity contribution < 1.29 is 90.4 Å². The van der Waals surface area contributed by atoms with Crippen molar-refractivity contribution in [1.29, 1.82) is 0 Å². The van der Waals surface area contributed by atoms with E-state index in [0.29, 0.717) is 5.56 Å². The Bertz CT molecular complexity index is 2610. The summed E-state index contributed by atoms with van der Waals surface area (Å²) in [6.07, 6.45) is -6.36. The summed E-state index contributed by atoms with van der Waals surface area (Å²) in [6, 6.07) is 12.9. The summed E-state index contributed by atoms with van der Waals surface area (Å²) in [5.41, 5.74) is 4.79. The summed E-state index contributed by atoms with van der Waals surface area (Å²) in [6.45, 7) is 0.0646. The number of phosphoric acid groups is 3. The van der Waals surface area contributed by atoms with Gasteiger partial charge >= 0.3 is 23.5 Å². The van der Waals surface area contributed by atoms with Gasteiger partial charge in [0.2, 0.25) is 16.9 Å². The second-order valence-corrected chi connectivity index (χ2v) is 20.3. The van der Waals surface area contributed by atoms with Gasteiger partial charge in [-0.25, -0.2) is 28.6 Å². The summed E-state index contributed by atoms with van der Waals surface area (Å²) in [7, 11) is -16.5. The molecule has 1 aliphatic heterocycles. The minimum absolute atomic E-state index is 0.000300. The zero-order chi connectivity index (χ0) is 48.6. The van der Waals surface area contributed by atoms with Crippen molar-refractivity contribution in [2.24, 2.45) is 5.41 Å². The van der Waals surface area contributed by atoms with Crippen LogP contribution in [0.1, 0.15) is 38.5 Å². The van der Waals surface area contributed by atoms with Crippen LogP contribution < -0.4 is 21.5 Å². The van der Waals surface area contributed by atoms with Crippen molar-refractivity contribution in [2.45, 2.75) is 57.3 Å². The Morgan fingerprint density at radius 3 is 2.39 bits per heavy atom. The third-order valence-corrected chi connectivity index (χ3v) is 13.5. The molecule has 26 nitrogen and oxygen atoms in total. The molecule has 1 saturated heterocycles. The van der Waals surface area contributed by atoms with E-state index < -0.39 is 102 Å². The molecule has 7 atom stereocenters. The van der Waals surface area contributed by atoms with Gasteiger partial charge in [-0.05, 0) is 28.5 Å². The molecule has 0 saturated carbocycles. The number of carboxylic acids is 1. The van der Waals surface area contributed by atoms with E-state index in [2.05, 4.69) is 34.4 Å². The average molecular weight is 1000 g/mol. The lowest BCUT2D eigenvalue weighted by Crippen LogP contribution is -2.46. The first-order valence-corrected chi connectivity index (χ1v) is 24.8. The van der Waals surface area contributed by atoms with E-state index in [1.807, 2.05) is 36.4 Å². The average Bonchev–Trinajstić information content (AvgIpc) is 3.79. The molecule has 0 spiro atoms. The maximum absolute atomic E-state index is 12.8. The number of fused-ring (bicyclic) bond motifs is 2. The zero-order valence-corrected chi connectivity index (χ0v) is 38.2. The number of phosphoric ester groups is 3. The molecule has 5 rings (SSSR count). The minimum atomic E-state index is -5.61. The fraction of sp³-hybridized carbons (Fsp3) is 0.417. The quantitative estimate of drug-likeness (QED) is 0.0269. The second-order valence-electron chi connectivity index (χ2n) is 15.0. The van der Waals surface area contributed by atoms with Gasteiger partial charge in [-0.3, -0.25) is 32.5 Å². The molecule has 0 bridgehead atoms. The molecule has 10 N–H and O–H groups in total. The number of aromatic nitrogens is 4. The van der Waals surface area contributed by atoms with Gasteiger partial charge in [0.1, 0.15) is 36.3 Å². The fourth-order valence-electron chi connectivity index (χ4n) is 6.20. The van der Waals surface area contributed by atoms with Crippen LogP contribution in [0.5, 0.6) is 0 Å². The molecule has 0 aliphatic carbocycles. The lowest BCUT2D eigenvalue weighted by atomic mass is 9.87. The van der Waals surface area contributed by atoms with Crippen LogP contribution in [0, 0.1) is 5.41 Å². The van der Waals surface area contributed by atoms with Crippen molar-refractivity contribution in [1.82, 2.24) is 30.2 Å². The Balaban J connectivity index is 1.04. The van der Waals surface area contributed by atoms with Crippen molar-refractivity contribution in [3.05, 3.63) is 66.3 Å². The van der Waals surface area contributed by atoms with E-state index in [1.54, 1.807) is 6.07 Å². The van der Waals surface area contributed by atoms with Crippen LogP contribution in [0.25, 0.3) is 28.0 Å². The highest BCUT2D eigenvalue weighted by Gasteiger charge is 2.50. The van der Waals surface area contributed by atoms with Crippen LogP contribution >= 0.6 is 35.2 Å². The summed E-state index contributed by atoms with van der Waals surface area (Å²) in [4.78, 5) is 100. The van der Waals surface area contributed by atoms with Crippen molar-refractivity contribution in [3.8, 4) is 0 Å². The van der Waals surface area contributed by atoms with Crippen molar-refractivity contribution in [2.75, 3.05) is 37.8 Å². The summed E-state index contributed by atoms with van der Waals surface area (Å²) in [5.74, 6) is -3.01. The number of thioether (sulfide) groups is 1. The Hall–Kier alpha value is -4.53. The molecule has 66 heavy (non-hydrogen) atoms. The molecule has 2 aromatic carbocycles. The van der Waals surface area contributed by atoms with E-state index in [4.69, 9.17) is 19.5 Å². The number of aliphatic hydroxyl groups excluding tert-OH is 2. The molecule has 30 heteroatoms. The molecule has 2 amide bonds. The molecule has 0 radical (unpaired) electrons. The summed E-state index contributed by atoms with van der Waals surface area (Å²) >= 11 is 0.784. The van der Waals surface area contributed by atoms with Crippen LogP contribution in [0.15, 0.2) is 60.7 Å². The normalized spacial score (nSPS) is 20.4. The Labute approximate surface area is 378 Å². The van der Waals surface area contributed by atoms with Crippen molar-refractivity contribution >= 4 is 92.0 Å². The van der Waals surface area contributed by atoms with E-state index in [-0.39, 0.29) is 47.8 Å². The van der Waals surface area contributed by atoms with E-state index in [1.165, 1.54) is 19.9 Å². The number of nitrogen functional groups attached to an aromatic ring is 1. The van der Waals surface area contributed by atoms with Gasteiger partial charge in [0.05, 0.1) is 19.5 Å². The number of ether oxygens (including phenoxy) is 1. The van der Waals surface area contributed by atoms with Gasteiger partial charge in [0.25, 0.3) is 0 Å². The SMILES string of the molecule is CC(C)(COP(=O)(O)OP(=O)(O)OCC1OC(n2cnc3c(N)ncnc32)C(O)C1OP(=O)(O)O)C(O)C(=O)NCCC(=O)NCCSC(=O)/C(=C/c1ccc2ccccc2c1)CC(=O)[O-]. The molecular formula is C36H45N7O19P3S-. The predicted octanol–water partition coefficient (Wildman–Crippen LogP) is 0.0415. The maximum Gasteiger partial charge on any atom is 0.481 e. The highest BCUT2D eigenvalue weighted by molar-refractivity contribution is 8.14. The Morgan fingerprint density at radius 2 is 1.70 bits per heavy atom. The van der Waals surface area contributed by atoms with Gasteiger partial charge in [-0.1, -0.05) is 62.0 Å². The number of aliphatic carboxylic acids is 1. The molecule has 7 unspecified atom stereocenters. The van der Waals surface area contributed by atoms with Crippen LogP contribution in [-0.4, -0.2) is 129 Å². The van der Waals surface area contributed by atoms with Gasteiger partial charge in [0, 0.05) is 48.6 Å². The van der Waals surface area contributed by atoms with E-state index in [9.17, 15) is 67.8 Å². The van der Waals surface area contributed by atoms with Crippen molar-refractivity contribution in [3.63, 3.8) is 0 Å². The molecule has 1 aliphatic rings. The Kier molecular flexibility index (Phi) is 17.5. The third-order valence-electron chi connectivity index (χ3n) is 9.45. The highest BCUT2D eigenvalue weighted by Crippen LogP contribution is 2.61. The first-order chi connectivity index (χ1) is 30.8. The number of anilines is 1. The molecule has 4 aromatic rings. The number of nitrogens with one attached hydrogen (secondary N) is 2. The van der Waals surface area contributed by atoms with Gasteiger partial charge in [0.15, 0.2) is 17.7 Å². The molecular weight excluding hydrogens is 959 g/mol. The number of amides is 2. The Morgan fingerprint density at radius 1 is 1.00 bits per heavy atom. The summed E-state index contributed by atoms with van der Waals surface area (Å²) < 4.78 is 62.3. The first kappa shape index (κ1) is 52.4. The number of imidazole rings is 1. The standard InChI is InChI=1S/C36H46N7O19P3S/c1-36(2,30(48)33(49)39-10-9-25(44)38-11-12-66-35(50)23(15-26(45)46)14-20-7-8-21-5-3-4-6-22(21)13-20)17-59-65(56,57)62-64(54,55)58-16-24-29(61-63(51,52)53)28(47)34(60-24)43-19-42-27-31(37)40-18-41-32(27)43/h3-8,13-14,18-19,24,28-30,34,47-48H,9-12,15-17H2,1-2H3,(H,38,44)(H,39,49)(H,45,46)(H,54,55)(H,56,57)(H2,37,40,41)(H2,51,52,53)/p-1/b23-14+. The number of carboxylic acid groups (broad SMARTS) is 1. The van der Waals surface area contributed by atoms with Crippen LogP contribution in [0.2, 0.25) is 0 Å². The number of nitrogens with zero attached hydrogens (tertiary/aromatic N) is 4. The number of rotatable bonds is 23. The van der Waals surface area contributed by atoms with E-state index >= 15 is 0 Å². The van der Waals surface area contributed by atoms with Gasteiger partial charge < -0.3 is 60.8 Å². The number of benzene rings is 2. The molecule has 360 valence electrons. The number of hydrogen-bond donors (Lipinski definition) is 9. The molecule has 2 aromatic heterocycles. The molecule has 1 fully saturated rings. The van der Waals surface area contributed by atoms with Crippen LogP contribution in [-0.2, 0) is 55.5 Å².